The molecule has 7 nitrogen and oxygen atoms in total. The summed E-state index contributed by atoms with van der Waals surface area (Å²) in [5.74, 6) is 0.330. The molecule has 0 radical (unpaired) electrons. The maximum absolute atomic E-state index is 12.4. The topological polar surface area (TPSA) is 87.0 Å². The summed E-state index contributed by atoms with van der Waals surface area (Å²) >= 11 is 0. The molecule has 1 amide bonds. The molecule has 5 rings (SSSR count). The summed E-state index contributed by atoms with van der Waals surface area (Å²) in [5.41, 5.74) is 6.74. The van der Waals surface area contributed by atoms with Crippen molar-refractivity contribution in [3.8, 4) is 28.0 Å². The van der Waals surface area contributed by atoms with Crippen LogP contribution in [0.5, 0.6) is 5.75 Å². The van der Waals surface area contributed by atoms with Gasteiger partial charge in [0.2, 0.25) is 0 Å². The van der Waals surface area contributed by atoms with Crippen LogP contribution in [0.2, 0.25) is 0 Å². The number of benzene rings is 4. The van der Waals surface area contributed by atoms with Gasteiger partial charge in [0, 0.05) is 23.1 Å². The summed E-state index contributed by atoms with van der Waals surface area (Å²) < 4.78 is 22.9. The molecule has 0 aliphatic carbocycles. The number of rotatable bonds is 10. The molecule has 0 saturated heterocycles. The third kappa shape index (κ3) is 7.86. The summed E-state index contributed by atoms with van der Waals surface area (Å²) in [5, 5.41) is 3.77. The lowest BCUT2D eigenvalue weighted by Crippen LogP contribution is -2.32. The Morgan fingerprint density at radius 1 is 0.818 bits per heavy atom. The van der Waals surface area contributed by atoms with Crippen LogP contribution in [0.15, 0.2) is 102 Å². The van der Waals surface area contributed by atoms with Crippen LogP contribution >= 0.6 is 0 Å². The van der Waals surface area contributed by atoms with Gasteiger partial charge in [-0.15, -0.1) is 0 Å². The van der Waals surface area contributed by atoms with E-state index in [1.54, 1.807) is 13.2 Å². The Morgan fingerprint density at radius 2 is 1.61 bits per heavy atom. The lowest BCUT2D eigenvalue weighted by Gasteiger charge is -2.19. The highest BCUT2D eigenvalue weighted by atomic mass is 16.6. The molecule has 0 spiro atoms. The molecular formula is C37H37NO6. The minimum Gasteiger partial charge on any atom is -0.489 e. The van der Waals surface area contributed by atoms with Gasteiger partial charge in [-0.2, -0.15) is 0 Å². The Kier molecular flexibility index (Phi) is 9.34. The van der Waals surface area contributed by atoms with E-state index in [0.717, 1.165) is 49.9 Å². The number of amides is 1. The second-order valence-electron chi connectivity index (χ2n) is 11.5. The standard InChI is InChI=1S/C37H37NO6/c1-5-41-34(39)22-30-15-14-28(27-11-7-6-8-12-27)21-33(30)43-24-26-19-31-16-17-42-35(31)32(20-26)29-13-9-10-25(18-29)23-38-36(40)44-37(2,3)4/h6-21H,5,22-24H2,1-4H3,(H,38,40). The number of fused-ring (bicyclic) bond motifs is 1. The van der Waals surface area contributed by atoms with Crippen molar-refractivity contribution in [3.05, 3.63) is 114 Å². The molecule has 0 unspecified atom stereocenters. The molecule has 0 aliphatic heterocycles. The van der Waals surface area contributed by atoms with Crippen molar-refractivity contribution in [2.24, 2.45) is 0 Å². The normalized spacial score (nSPS) is 11.3. The van der Waals surface area contributed by atoms with Gasteiger partial charge in [0.05, 0.1) is 19.3 Å². The maximum Gasteiger partial charge on any atom is 0.407 e. The lowest BCUT2D eigenvalue weighted by molar-refractivity contribution is -0.142. The van der Waals surface area contributed by atoms with Crippen LogP contribution in [-0.2, 0) is 33.8 Å². The number of hydrogen-bond acceptors (Lipinski definition) is 6. The predicted octanol–water partition coefficient (Wildman–Crippen LogP) is 8.48. The molecule has 1 aromatic heterocycles. The number of carbonyl (C=O) groups excluding carboxylic acids is 2. The third-order valence-corrected chi connectivity index (χ3v) is 6.89. The van der Waals surface area contributed by atoms with Crippen LogP contribution in [-0.4, -0.2) is 24.3 Å². The Bertz CT molecular complexity index is 1750. The molecule has 226 valence electrons. The lowest BCUT2D eigenvalue weighted by atomic mass is 9.99. The third-order valence-electron chi connectivity index (χ3n) is 6.89. The number of carbonyl (C=O) groups is 2. The van der Waals surface area contributed by atoms with Crippen molar-refractivity contribution >= 4 is 23.0 Å². The smallest absolute Gasteiger partial charge is 0.407 e. The Labute approximate surface area is 257 Å². The van der Waals surface area contributed by atoms with E-state index >= 15 is 0 Å². The van der Waals surface area contributed by atoms with Crippen molar-refractivity contribution in [1.29, 1.82) is 0 Å². The van der Waals surface area contributed by atoms with Crippen molar-refractivity contribution in [2.75, 3.05) is 6.61 Å². The van der Waals surface area contributed by atoms with E-state index in [9.17, 15) is 9.59 Å². The number of furan rings is 1. The number of hydrogen-bond donors (Lipinski definition) is 1. The molecule has 4 aromatic carbocycles. The molecule has 44 heavy (non-hydrogen) atoms. The van der Waals surface area contributed by atoms with E-state index in [-0.39, 0.29) is 19.0 Å². The largest absolute Gasteiger partial charge is 0.489 e. The molecule has 0 bridgehead atoms. The zero-order valence-corrected chi connectivity index (χ0v) is 25.5. The Hall–Kier alpha value is -5.04. The van der Waals surface area contributed by atoms with Gasteiger partial charge in [-0.1, -0.05) is 60.7 Å². The van der Waals surface area contributed by atoms with Crippen LogP contribution in [0.4, 0.5) is 4.79 Å². The van der Waals surface area contributed by atoms with Crippen molar-refractivity contribution in [2.45, 2.75) is 52.9 Å². The minimum absolute atomic E-state index is 0.119. The van der Waals surface area contributed by atoms with Crippen LogP contribution in [0, 0.1) is 0 Å². The fraction of sp³-hybridized carbons (Fsp3) is 0.243. The first-order valence-corrected chi connectivity index (χ1v) is 14.7. The molecule has 5 aromatic rings. The SMILES string of the molecule is CCOC(=O)Cc1ccc(-c2ccccc2)cc1OCc1cc(-c2cccc(CNC(=O)OC(C)(C)C)c2)c2occc2c1. The highest BCUT2D eigenvalue weighted by molar-refractivity contribution is 5.93. The summed E-state index contributed by atoms with van der Waals surface area (Å²) in [7, 11) is 0. The fourth-order valence-corrected chi connectivity index (χ4v) is 4.95. The second kappa shape index (κ2) is 13.5. The monoisotopic (exact) mass is 591 g/mol. The minimum atomic E-state index is -0.568. The van der Waals surface area contributed by atoms with Gasteiger partial charge in [-0.25, -0.2) is 4.79 Å². The zero-order valence-electron chi connectivity index (χ0n) is 25.5. The molecule has 1 heterocycles. The first-order valence-electron chi connectivity index (χ1n) is 14.7. The highest BCUT2D eigenvalue weighted by Crippen LogP contribution is 2.33. The van der Waals surface area contributed by atoms with E-state index in [0.29, 0.717) is 18.9 Å². The van der Waals surface area contributed by atoms with Gasteiger partial charge in [0.25, 0.3) is 0 Å². The van der Waals surface area contributed by atoms with Crippen molar-refractivity contribution in [1.82, 2.24) is 5.32 Å². The van der Waals surface area contributed by atoms with Gasteiger partial charge in [0.15, 0.2) is 0 Å². The summed E-state index contributed by atoms with van der Waals surface area (Å²) in [4.78, 5) is 24.6. The molecule has 0 saturated carbocycles. The number of ether oxygens (including phenoxy) is 3. The van der Waals surface area contributed by atoms with Crippen LogP contribution in [0.1, 0.15) is 44.4 Å². The molecule has 0 fully saturated rings. The average molecular weight is 592 g/mol. The molecule has 0 atom stereocenters. The first-order chi connectivity index (χ1) is 21.2. The maximum atomic E-state index is 12.4. The van der Waals surface area contributed by atoms with Gasteiger partial charge >= 0.3 is 12.1 Å². The Balaban J connectivity index is 1.41. The van der Waals surface area contributed by atoms with Gasteiger partial charge < -0.3 is 23.9 Å². The van der Waals surface area contributed by atoms with E-state index in [2.05, 4.69) is 11.4 Å². The van der Waals surface area contributed by atoms with E-state index in [1.165, 1.54) is 0 Å². The van der Waals surface area contributed by atoms with Crippen LogP contribution in [0.3, 0.4) is 0 Å². The predicted molar refractivity (Wildman–Crippen MR) is 171 cm³/mol. The molecule has 1 N–H and O–H groups in total. The van der Waals surface area contributed by atoms with E-state index < -0.39 is 11.7 Å². The van der Waals surface area contributed by atoms with Gasteiger partial charge in [0.1, 0.15) is 23.5 Å². The highest BCUT2D eigenvalue weighted by Gasteiger charge is 2.17. The fourth-order valence-electron chi connectivity index (χ4n) is 4.95. The van der Waals surface area contributed by atoms with Crippen molar-refractivity contribution in [3.63, 3.8) is 0 Å². The molecular weight excluding hydrogens is 554 g/mol. The van der Waals surface area contributed by atoms with Crippen LogP contribution in [0.25, 0.3) is 33.2 Å². The average Bonchev–Trinajstić information content (AvgIpc) is 3.48. The summed E-state index contributed by atoms with van der Waals surface area (Å²) in [6, 6.07) is 29.9. The second-order valence-corrected chi connectivity index (χ2v) is 11.5. The van der Waals surface area contributed by atoms with Gasteiger partial charge in [-0.05, 0) is 85.8 Å². The summed E-state index contributed by atoms with van der Waals surface area (Å²) in [6.07, 6.45) is 1.33. The van der Waals surface area contributed by atoms with Crippen molar-refractivity contribution < 1.29 is 28.2 Å². The molecule has 0 aliphatic rings. The number of esters is 1. The number of nitrogens with one attached hydrogen (secondary N) is 1. The zero-order chi connectivity index (χ0) is 31.1. The van der Waals surface area contributed by atoms with Gasteiger partial charge in [-0.3, -0.25) is 4.79 Å². The Morgan fingerprint density at radius 3 is 2.39 bits per heavy atom. The van der Waals surface area contributed by atoms with E-state index in [4.69, 9.17) is 18.6 Å². The number of alkyl carbamates (subject to hydrolysis) is 1. The van der Waals surface area contributed by atoms with Crippen LogP contribution < -0.4 is 10.1 Å². The first kappa shape index (κ1) is 30.4. The van der Waals surface area contributed by atoms with E-state index in [1.807, 2.05) is 106 Å². The summed E-state index contributed by atoms with van der Waals surface area (Å²) in [6.45, 7) is 8.22. The quantitative estimate of drug-likeness (QED) is 0.164. The molecule has 7 heteroatoms.